The summed E-state index contributed by atoms with van der Waals surface area (Å²) in [5.41, 5.74) is 3.04. The first kappa shape index (κ1) is 24.8. The minimum Gasteiger partial charge on any atom is -0.406 e. The van der Waals surface area contributed by atoms with Crippen molar-refractivity contribution in [3.63, 3.8) is 0 Å². The van der Waals surface area contributed by atoms with Crippen molar-refractivity contribution in [1.82, 2.24) is 19.8 Å². The van der Waals surface area contributed by atoms with Crippen LogP contribution in [0.25, 0.3) is 0 Å². The number of aromatic nitrogens is 2. The summed E-state index contributed by atoms with van der Waals surface area (Å²) in [6, 6.07) is 9.45. The molecular weight excluding hydrogens is 517 g/mol. The fraction of sp³-hybridized carbons (Fsp3) is 0.375. The average Bonchev–Trinajstić information content (AvgIpc) is 3.18. The topological polar surface area (TPSA) is 67.8 Å². The Labute approximate surface area is 214 Å². The van der Waals surface area contributed by atoms with E-state index in [9.17, 15) is 18.0 Å². The zero-order chi connectivity index (χ0) is 25.3. The third-order valence-corrected chi connectivity index (χ3v) is 7.38. The maximum atomic E-state index is 13.0. The zero-order valence-corrected chi connectivity index (χ0v) is 20.5. The second kappa shape index (κ2) is 10.2. The van der Waals surface area contributed by atoms with Gasteiger partial charge in [-0.25, -0.2) is 14.8 Å². The van der Waals surface area contributed by atoms with E-state index in [1.807, 2.05) is 12.1 Å². The van der Waals surface area contributed by atoms with Gasteiger partial charge >= 0.3 is 12.5 Å². The van der Waals surface area contributed by atoms with Crippen molar-refractivity contribution in [3.05, 3.63) is 69.8 Å². The molecule has 7 nitrogen and oxygen atoms in total. The van der Waals surface area contributed by atoms with Crippen LogP contribution in [0.1, 0.15) is 11.1 Å². The fourth-order valence-corrected chi connectivity index (χ4v) is 5.47. The molecule has 2 fully saturated rings. The summed E-state index contributed by atoms with van der Waals surface area (Å²) in [5.74, 6) is 0.994. The van der Waals surface area contributed by atoms with E-state index in [4.69, 9.17) is 16.3 Å². The minimum absolute atomic E-state index is 0.0863. The van der Waals surface area contributed by atoms with Crippen LogP contribution in [0.4, 0.5) is 18.0 Å². The molecule has 3 aromatic rings. The van der Waals surface area contributed by atoms with Crippen LogP contribution in [-0.4, -0.2) is 51.9 Å². The van der Waals surface area contributed by atoms with E-state index in [0.717, 1.165) is 18.7 Å². The Bertz CT molecular complexity index is 1200. The summed E-state index contributed by atoms with van der Waals surface area (Å²) >= 11 is 7.49. The van der Waals surface area contributed by atoms with Gasteiger partial charge in [-0.1, -0.05) is 29.8 Å². The highest BCUT2D eigenvalue weighted by molar-refractivity contribution is 7.07. The number of rotatable bonds is 8. The number of fused-ring (bicyclic) bond motifs is 1. The van der Waals surface area contributed by atoms with Crippen molar-refractivity contribution in [1.29, 1.82) is 0 Å². The van der Waals surface area contributed by atoms with Crippen LogP contribution in [-0.2, 0) is 13.1 Å². The lowest BCUT2D eigenvalue weighted by Crippen LogP contribution is -2.36. The number of benzene rings is 1. The molecule has 1 aromatic carbocycles. The fourth-order valence-electron chi connectivity index (χ4n) is 4.84. The van der Waals surface area contributed by atoms with Crippen LogP contribution in [0.15, 0.2) is 53.5 Å². The number of carbonyl (C=O) groups is 1. The summed E-state index contributed by atoms with van der Waals surface area (Å²) in [6.45, 7) is 3.00. The normalized spacial score (nSPS) is 21.2. The number of thiazole rings is 1. The zero-order valence-electron chi connectivity index (χ0n) is 18.9. The summed E-state index contributed by atoms with van der Waals surface area (Å²) < 4.78 is 47.4. The van der Waals surface area contributed by atoms with Crippen molar-refractivity contribution in [2.75, 3.05) is 19.6 Å². The van der Waals surface area contributed by atoms with Gasteiger partial charge < -0.3 is 14.4 Å². The Morgan fingerprint density at radius 1 is 1.19 bits per heavy atom. The van der Waals surface area contributed by atoms with Gasteiger partial charge in [-0.3, -0.25) is 4.90 Å². The molecule has 2 unspecified atom stereocenters. The number of amides is 1. The molecule has 3 heterocycles. The van der Waals surface area contributed by atoms with Crippen LogP contribution in [0.3, 0.4) is 0 Å². The van der Waals surface area contributed by atoms with Gasteiger partial charge in [0.25, 0.3) is 0 Å². The Kier molecular flexibility index (Phi) is 7.05. The molecule has 2 atom stereocenters. The third-order valence-electron chi connectivity index (χ3n) is 6.47. The van der Waals surface area contributed by atoms with Gasteiger partial charge in [0.1, 0.15) is 10.9 Å². The number of piperidine rings is 1. The number of pyridine rings is 1. The molecule has 0 bridgehead atoms. The van der Waals surface area contributed by atoms with E-state index in [1.165, 1.54) is 34.4 Å². The molecule has 190 valence electrons. The summed E-state index contributed by atoms with van der Waals surface area (Å²) in [7, 11) is 0. The SMILES string of the molecule is O=C(Oc1cscn1)N(Cc1cccc(OC(F)(F)F)c1)CC1C2CN(Cc3cccnc3Cl)CC21. The predicted molar refractivity (Wildman–Crippen MR) is 127 cm³/mol. The van der Waals surface area contributed by atoms with Gasteiger partial charge in [0.05, 0.1) is 10.9 Å². The van der Waals surface area contributed by atoms with Gasteiger partial charge in [0.15, 0.2) is 0 Å². The number of hydrogen-bond acceptors (Lipinski definition) is 7. The first-order valence-electron chi connectivity index (χ1n) is 11.3. The Hall–Kier alpha value is -2.89. The first-order valence-corrected chi connectivity index (χ1v) is 12.6. The van der Waals surface area contributed by atoms with Crippen LogP contribution in [0, 0.1) is 17.8 Å². The van der Waals surface area contributed by atoms with Crippen LogP contribution < -0.4 is 9.47 Å². The number of hydrogen-bond donors (Lipinski definition) is 0. The largest absolute Gasteiger partial charge is 0.573 e. The van der Waals surface area contributed by atoms with Gasteiger partial charge in [-0.2, -0.15) is 0 Å². The second-order valence-electron chi connectivity index (χ2n) is 8.91. The molecule has 5 rings (SSSR count). The molecule has 2 aromatic heterocycles. The molecule has 1 aliphatic heterocycles. The van der Waals surface area contributed by atoms with Crippen molar-refractivity contribution in [2.24, 2.45) is 17.8 Å². The summed E-state index contributed by atoms with van der Waals surface area (Å²) in [5, 5.41) is 2.11. The van der Waals surface area contributed by atoms with E-state index in [2.05, 4.69) is 19.6 Å². The summed E-state index contributed by atoms with van der Waals surface area (Å²) in [4.78, 5) is 24.9. The maximum Gasteiger partial charge on any atom is 0.573 e. The van der Waals surface area contributed by atoms with Gasteiger partial charge in [0, 0.05) is 44.5 Å². The molecule has 1 aliphatic carbocycles. The van der Waals surface area contributed by atoms with Crippen molar-refractivity contribution < 1.29 is 27.4 Å². The van der Waals surface area contributed by atoms with Crippen molar-refractivity contribution in [3.8, 4) is 11.6 Å². The van der Waals surface area contributed by atoms with E-state index >= 15 is 0 Å². The monoisotopic (exact) mass is 538 g/mol. The maximum absolute atomic E-state index is 13.0. The van der Waals surface area contributed by atoms with Gasteiger partial charge in [-0.15, -0.1) is 24.5 Å². The van der Waals surface area contributed by atoms with Crippen LogP contribution >= 0.6 is 22.9 Å². The second-order valence-corrected chi connectivity index (χ2v) is 9.99. The Balaban J connectivity index is 1.23. The average molecular weight is 539 g/mol. The number of ether oxygens (including phenoxy) is 2. The molecular formula is C24H22ClF3N4O3S. The lowest BCUT2D eigenvalue weighted by Gasteiger charge is -2.25. The number of alkyl halides is 3. The number of halogens is 4. The quantitative estimate of drug-likeness (QED) is 0.354. The van der Waals surface area contributed by atoms with E-state index in [1.54, 1.807) is 23.2 Å². The number of nitrogens with zero attached hydrogens (tertiary/aromatic N) is 4. The lowest BCUT2D eigenvalue weighted by atomic mass is 10.1. The molecule has 1 saturated heterocycles. The molecule has 0 radical (unpaired) electrons. The number of likely N-dealkylation sites (tertiary alicyclic amines) is 1. The highest BCUT2D eigenvalue weighted by atomic mass is 35.5. The highest BCUT2D eigenvalue weighted by Gasteiger charge is 2.56. The minimum atomic E-state index is -4.79. The first-order chi connectivity index (χ1) is 17.2. The predicted octanol–water partition coefficient (Wildman–Crippen LogP) is 5.47. The molecule has 2 aliphatic rings. The molecule has 1 amide bonds. The lowest BCUT2D eigenvalue weighted by molar-refractivity contribution is -0.274. The molecule has 12 heteroatoms. The van der Waals surface area contributed by atoms with E-state index in [-0.39, 0.29) is 24.1 Å². The Morgan fingerprint density at radius 2 is 2.00 bits per heavy atom. The molecule has 0 N–H and O–H groups in total. The smallest absolute Gasteiger partial charge is 0.406 e. The highest BCUT2D eigenvalue weighted by Crippen LogP contribution is 2.52. The van der Waals surface area contributed by atoms with Gasteiger partial charge in [-0.05, 0) is 41.5 Å². The van der Waals surface area contributed by atoms with Gasteiger partial charge in [0.2, 0.25) is 5.88 Å². The standard InChI is InChI=1S/C24H22ClF3N4O3S/c25-22-16(4-2-6-29-22)9-31-10-18-19(11-31)20(18)12-32(23(33)34-21-13-36-14-30-21)8-15-3-1-5-17(7-15)35-24(26,27)28/h1-7,13-14,18-20H,8-12H2. The molecule has 0 spiro atoms. The Morgan fingerprint density at radius 3 is 2.69 bits per heavy atom. The molecule has 36 heavy (non-hydrogen) atoms. The third kappa shape index (κ3) is 6.08. The van der Waals surface area contributed by atoms with E-state index in [0.29, 0.717) is 35.6 Å². The van der Waals surface area contributed by atoms with E-state index < -0.39 is 12.5 Å². The summed E-state index contributed by atoms with van der Waals surface area (Å²) in [6.07, 6.45) is -3.72. The van der Waals surface area contributed by atoms with Crippen LogP contribution in [0.2, 0.25) is 5.15 Å². The number of carbonyl (C=O) groups excluding carboxylic acids is 1. The molecule has 1 saturated carbocycles. The van der Waals surface area contributed by atoms with Crippen molar-refractivity contribution in [2.45, 2.75) is 19.5 Å². The van der Waals surface area contributed by atoms with Crippen LogP contribution in [0.5, 0.6) is 11.6 Å². The van der Waals surface area contributed by atoms with Crippen molar-refractivity contribution >= 4 is 29.0 Å².